The average Bonchev–Trinajstić information content (AvgIpc) is 2.60. The van der Waals surface area contributed by atoms with E-state index in [9.17, 15) is 21.4 Å². The first-order chi connectivity index (χ1) is 7.71. The molecule has 0 aliphatic heterocycles. The van der Waals surface area contributed by atoms with Crippen LogP contribution in [0.15, 0.2) is 17.0 Å². The second kappa shape index (κ2) is 5.44. The predicted molar refractivity (Wildman–Crippen MR) is 57.5 cm³/mol. The van der Waals surface area contributed by atoms with Crippen LogP contribution in [-0.4, -0.2) is 24.1 Å². The number of hydrogen-bond acceptors (Lipinski definition) is 5. The van der Waals surface area contributed by atoms with Crippen molar-refractivity contribution in [2.45, 2.75) is 4.90 Å². The number of nitrogens with two attached hydrogens (primary N) is 1. The molecule has 2 rings (SSSR count). The molecule has 0 saturated carbocycles. The number of primary sulfonamides is 1. The van der Waals surface area contributed by atoms with Crippen LogP contribution in [0.3, 0.4) is 0 Å². The molecule has 0 unspecified atom stereocenters. The maximum atomic E-state index is 12.6. The van der Waals surface area contributed by atoms with Crippen LogP contribution >= 0.6 is 11.7 Å². The molecular weight excluding hydrogens is 317 g/mol. The molecule has 0 radical (unpaired) electrons. The molecule has 2 aromatic rings. The van der Waals surface area contributed by atoms with Crippen molar-refractivity contribution >= 4 is 45.2 Å². The fraction of sp³-hybridized carbons (Fsp3) is 0. The summed E-state index contributed by atoms with van der Waals surface area (Å²) < 4.78 is 67.2. The SMILES string of the molecule is NS(=O)(=O)c1ccc([B-](F)(F)F)c2nsnc12.[K+]. The van der Waals surface area contributed by atoms with Gasteiger partial charge in [0.25, 0.3) is 0 Å². The van der Waals surface area contributed by atoms with Gasteiger partial charge in [0.1, 0.15) is 10.4 Å². The topological polar surface area (TPSA) is 85.9 Å². The van der Waals surface area contributed by atoms with Crippen molar-refractivity contribution in [1.29, 1.82) is 0 Å². The van der Waals surface area contributed by atoms with Gasteiger partial charge in [-0.3, -0.25) is 0 Å². The molecule has 0 amide bonds. The Morgan fingerprint density at radius 3 is 2.22 bits per heavy atom. The van der Waals surface area contributed by atoms with Crippen LogP contribution in [0.2, 0.25) is 0 Å². The summed E-state index contributed by atoms with van der Waals surface area (Å²) in [4.78, 5) is -0.454. The molecule has 0 saturated heterocycles. The Bertz CT molecular complexity index is 687. The van der Waals surface area contributed by atoms with Crippen LogP contribution in [0.25, 0.3) is 11.0 Å². The smallest absolute Gasteiger partial charge is 0.445 e. The molecule has 1 heterocycles. The minimum atomic E-state index is -5.27. The molecule has 0 aliphatic carbocycles. The molecule has 1 aromatic heterocycles. The van der Waals surface area contributed by atoms with Gasteiger partial charge in [-0.2, -0.15) is 8.75 Å². The fourth-order valence-electron chi connectivity index (χ4n) is 1.36. The molecule has 5 nitrogen and oxygen atoms in total. The number of aromatic nitrogens is 2. The third-order valence-electron chi connectivity index (χ3n) is 2.07. The van der Waals surface area contributed by atoms with Crippen molar-refractivity contribution in [2.24, 2.45) is 5.14 Å². The first-order valence-electron chi connectivity index (χ1n) is 4.19. The van der Waals surface area contributed by atoms with Gasteiger partial charge >= 0.3 is 58.4 Å². The van der Waals surface area contributed by atoms with Crippen LogP contribution in [-0.2, 0) is 10.0 Å². The number of hydrogen-bond donors (Lipinski definition) is 1. The van der Waals surface area contributed by atoms with E-state index in [0.717, 1.165) is 6.07 Å². The third kappa shape index (κ3) is 3.12. The van der Waals surface area contributed by atoms with Gasteiger partial charge in [0, 0.05) is 0 Å². The summed E-state index contributed by atoms with van der Waals surface area (Å²) in [6.45, 7) is -5.27. The van der Waals surface area contributed by atoms with Gasteiger partial charge in [0.05, 0.1) is 17.2 Å². The molecule has 0 bridgehead atoms. The Hall–Kier alpha value is 0.441. The Kier molecular flexibility index (Phi) is 4.98. The van der Waals surface area contributed by atoms with E-state index in [0.29, 0.717) is 17.8 Å². The van der Waals surface area contributed by atoms with Crippen LogP contribution in [0.5, 0.6) is 0 Å². The number of sulfonamides is 1. The Morgan fingerprint density at radius 2 is 1.72 bits per heavy atom. The number of rotatable bonds is 2. The Balaban J connectivity index is 0.00000162. The monoisotopic (exact) mass is 321 g/mol. The largest absolute Gasteiger partial charge is 1.00 e. The summed E-state index contributed by atoms with van der Waals surface area (Å²) in [5.41, 5.74) is -1.79. The molecule has 18 heavy (non-hydrogen) atoms. The summed E-state index contributed by atoms with van der Waals surface area (Å²) in [7, 11) is -4.12. The van der Waals surface area contributed by atoms with Crippen molar-refractivity contribution in [2.75, 3.05) is 0 Å². The normalized spacial score (nSPS) is 12.4. The van der Waals surface area contributed by atoms with E-state index in [1.807, 2.05) is 0 Å². The van der Waals surface area contributed by atoms with E-state index in [-0.39, 0.29) is 56.9 Å². The first kappa shape index (κ1) is 16.5. The first-order valence-corrected chi connectivity index (χ1v) is 6.47. The predicted octanol–water partition coefficient (Wildman–Crippen LogP) is -2.60. The quantitative estimate of drug-likeness (QED) is 0.615. The van der Waals surface area contributed by atoms with Crippen molar-refractivity contribution in [3.05, 3.63) is 12.1 Å². The van der Waals surface area contributed by atoms with Gasteiger partial charge in [-0.1, -0.05) is 11.5 Å². The van der Waals surface area contributed by atoms with E-state index in [4.69, 9.17) is 5.14 Å². The maximum absolute atomic E-state index is 12.6. The van der Waals surface area contributed by atoms with Crippen molar-refractivity contribution in [3.63, 3.8) is 0 Å². The molecule has 92 valence electrons. The Morgan fingerprint density at radius 1 is 1.17 bits per heavy atom. The molecule has 0 fully saturated rings. The minimum Gasteiger partial charge on any atom is -0.445 e. The molecule has 12 heteroatoms. The second-order valence-electron chi connectivity index (χ2n) is 3.23. The van der Waals surface area contributed by atoms with E-state index in [1.165, 1.54) is 0 Å². The van der Waals surface area contributed by atoms with Crippen LogP contribution in [0, 0.1) is 0 Å². The molecule has 0 aliphatic rings. The number of benzene rings is 1. The number of fused-ring (bicyclic) bond motifs is 1. The third-order valence-corrected chi connectivity index (χ3v) is 3.54. The van der Waals surface area contributed by atoms with Gasteiger partial charge in [-0.05, 0) is 6.07 Å². The molecular formula is C6H4BF3KN3O2S2. The standard InChI is InChI=1S/C6H4BF3N3O2S2.K/c8-7(9,10)3-1-2-4(17(11,14)15)6-5(3)12-16-13-6;/h1-2H,(H2,11,14,15);/q-1;+1. The maximum Gasteiger partial charge on any atom is 1.00 e. The molecule has 0 atom stereocenters. The zero-order chi connectivity index (χ0) is 12.8. The summed E-state index contributed by atoms with van der Waals surface area (Å²) in [6, 6.07) is 1.45. The molecule has 2 N–H and O–H groups in total. The van der Waals surface area contributed by atoms with Crippen LogP contribution in [0.1, 0.15) is 0 Å². The summed E-state index contributed by atoms with van der Waals surface area (Å²) in [6.07, 6.45) is 0. The van der Waals surface area contributed by atoms with Gasteiger partial charge in [-0.25, -0.2) is 13.6 Å². The zero-order valence-electron chi connectivity index (χ0n) is 8.97. The Labute approximate surface area is 147 Å². The number of nitrogens with zero attached hydrogens (tertiary/aromatic N) is 2. The fourth-order valence-corrected chi connectivity index (χ4v) is 2.66. The second-order valence-corrected chi connectivity index (χ2v) is 5.29. The zero-order valence-corrected chi connectivity index (χ0v) is 13.7. The number of halogens is 3. The molecule has 1 aromatic carbocycles. The van der Waals surface area contributed by atoms with Crippen molar-refractivity contribution in [1.82, 2.24) is 8.75 Å². The molecule has 0 spiro atoms. The van der Waals surface area contributed by atoms with Gasteiger partial charge < -0.3 is 12.9 Å². The minimum absolute atomic E-state index is 0. The van der Waals surface area contributed by atoms with Gasteiger partial charge in [0.15, 0.2) is 0 Å². The van der Waals surface area contributed by atoms with E-state index in [2.05, 4.69) is 8.75 Å². The summed E-state index contributed by atoms with van der Waals surface area (Å²) >= 11 is 0.503. The van der Waals surface area contributed by atoms with Crippen LogP contribution < -0.4 is 62.0 Å². The van der Waals surface area contributed by atoms with Gasteiger partial charge in [0.2, 0.25) is 10.0 Å². The van der Waals surface area contributed by atoms with Crippen LogP contribution in [0.4, 0.5) is 12.9 Å². The average molecular weight is 321 g/mol. The van der Waals surface area contributed by atoms with E-state index in [1.54, 1.807) is 0 Å². The van der Waals surface area contributed by atoms with Gasteiger partial charge in [-0.15, -0.1) is 0 Å². The summed E-state index contributed by atoms with van der Waals surface area (Å²) in [5.74, 6) is 0. The summed E-state index contributed by atoms with van der Waals surface area (Å²) in [5, 5.41) is 4.87. The van der Waals surface area contributed by atoms with Crippen molar-refractivity contribution in [3.8, 4) is 0 Å². The van der Waals surface area contributed by atoms with E-state index >= 15 is 0 Å². The van der Waals surface area contributed by atoms with E-state index < -0.39 is 32.9 Å². The van der Waals surface area contributed by atoms with Crippen molar-refractivity contribution < 1.29 is 72.7 Å².